The summed E-state index contributed by atoms with van der Waals surface area (Å²) in [7, 11) is -4.12. The monoisotopic (exact) mass is 564 g/mol. The van der Waals surface area contributed by atoms with Gasteiger partial charge in [-0.15, -0.1) is 0 Å². The van der Waals surface area contributed by atoms with Gasteiger partial charge in [0.1, 0.15) is 11.5 Å². The zero-order valence-electron chi connectivity index (χ0n) is 19.8. The van der Waals surface area contributed by atoms with Gasteiger partial charge in [-0.1, -0.05) is 0 Å². The molecule has 2 aromatic carbocycles. The summed E-state index contributed by atoms with van der Waals surface area (Å²) in [4.78, 5) is 28.8. The zero-order valence-corrected chi connectivity index (χ0v) is 20.7. The Bertz CT molecular complexity index is 1780. The van der Waals surface area contributed by atoms with Gasteiger partial charge >= 0.3 is 6.18 Å². The number of sulfonamides is 1. The number of aromatic nitrogens is 2. The van der Waals surface area contributed by atoms with Gasteiger partial charge in [0.15, 0.2) is 0 Å². The Morgan fingerprint density at radius 3 is 2.51 bits per heavy atom. The Hall–Kier alpha value is -4.17. The average Bonchev–Trinajstić information content (AvgIpc) is 3.69. The topological polar surface area (TPSA) is 133 Å². The van der Waals surface area contributed by atoms with Crippen molar-refractivity contribution in [2.45, 2.75) is 30.8 Å². The first kappa shape index (κ1) is 26.4. The van der Waals surface area contributed by atoms with E-state index in [0.717, 1.165) is 28.8 Å². The number of nitrogens with one attached hydrogen (secondary N) is 3. The van der Waals surface area contributed by atoms with Crippen molar-refractivity contribution in [3.05, 3.63) is 87.7 Å². The van der Waals surface area contributed by atoms with Crippen molar-refractivity contribution in [1.29, 1.82) is 0 Å². The molecule has 0 atom stereocenters. The minimum absolute atomic E-state index is 0.0111. The number of pyridine rings is 1. The summed E-state index contributed by atoms with van der Waals surface area (Å²) in [5.74, 6) is -1.96. The number of hydrogen-bond donors (Lipinski definition) is 4. The molecule has 1 aliphatic rings. The first-order valence-electron chi connectivity index (χ1n) is 11.6. The highest BCUT2D eigenvalue weighted by Gasteiger charge is 2.39. The van der Waals surface area contributed by atoms with Crippen LogP contribution in [-0.2, 0) is 22.7 Å². The highest BCUT2D eigenvalue weighted by Crippen LogP contribution is 2.39. The van der Waals surface area contributed by atoms with Gasteiger partial charge in [0.05, 0.1) is 23.0 Å². The third-order valence-corrected chi connectivity index (χ3v) is 8.21. The lowest BCUT2D eigenvalue weighted by atomic mass is 10.0. The Morgan fingerprint density at radius 1 is 1.13 bits per heavy atom. The number of aromatic amines is 1. The Balaban J connectivity index is 1.84. The van der Waals surface area contributed by atoms with E-state index in [-0.39, 0.29) is 33.3 Å². The van der Waals surface area contributed by atoms with Crippen molar-refractivity contribution in [2.24, 2.45) is 0 Å². The van der Waals surface area contributed by atoms with Gasteiger partial charge in [0.25, 0.3) is 11.5 Å². The zero-order chi connectivity index (χ0) is 28.1. The standard InChI is InChI=1S/C25H20F4N4O5S/c26-19-7-4-15(31-36)10-13(19)12-33-20-8-3-14(25(27,28)29)11-18(20)21(17-2-1-9-30-23(17)34)22(33)24(35)32-39(37,38)16-5-6-16/h1-4,7-11,16,31,36H,5-6,12H2,(H,30,34)(H,32,35). The van der Waals surface area contributed by atoms with E-state index in [2.05, 4.69) is 4.98 Å². The fourth-order valence-corrected chi connectivity index (χ4v) is 5.68. The number of nitrogens with zero attached hydrogens (tertiary/aromatic N) is 1. The van der Waals surface area contributed by atoms with E-state index in [0.29, 0.717) is 12.8 Å². The van der Waals surface area contributed by atoms with Crippen LogP contribution in [0, 0.1) is 5.82 Å². The van der Waals surface area contributed by atoms with Gasteiger partial charge in [-0.2, -0.15) is 13.2 Å². The summed E-state index contributed by atoms with van der Waals surface area (Å²) in [5.41, 5.74) is -0.838. The molecule has 14 heteroatoms. The lowest BCUT2D eigenvalue weighted by Gasteiger charge is -2.14. The molecule has 0 radical (unpaired) electrons. The molecule has 4 N–H and O–H groups in total. The van der Waals surface area contributed by atoms with Crippen LogP contribution in [0.3, 0.4) is 0 Å². The highest BCUT2D eigenvalue weighted by molar-refractivity contribution is 7.91. The molecule has 39 heavy (non-hydrogen) atoms. The lowest BCUT2D eigenvalue weighted by Crippen LogP contribution is -2.35. The van der Waals surface area contributed by atoms with E-state index in [1.807, 2.05) is 10.2 Å². The predicted octanol–water partition coefficient (Wildman–Crippen LogP) is 4.23. The second-order valence-electron chi connectivity index (χ2n) is 9.05. The van der Waals surface area contributed by atoms with Crippen molar-refractivity contribution >= 4 is 32.5 Å². The number of H-pyrrole nitrogens is 1. The molecular weight excluding hydrogens is 544 g/mol. The van der Waals surface area contributed by atoms with Gasteiger partial charge in [-0.05, 0) is 61.4 Å². The number of benzene rings is 2. The SMILES string of the molecule is O=C(NS(=O)(=O)C1CC1)c1c(-c2ccc[nH]c2=O)c2cc(C(F)(F)F)ccc2n1Cc1cc(NO)ccc1F. The Kier molecular flexibility index (Phi) is 6.47. The van der Waals surface area contributed by atoms with E-state index in [9.17, 15) is 40.8 Å². The normalized spacial score (nSPS) is 14.0. The molecule has 1 fully saturated rings. The van der Waals surface area contributed by atoms with Crippen LogP contribution in [0.25, 0.3) is 22.0 Å². The van der Waals surface area contributed by atoms with Crippen molar-refractivity contribution in [1.82, 2.24) is 14.3 Å². The van der Waals surface area contributed by atoms with E-state index >= 15 is 0 Å². The molecule has 1 amide bonds. The highest BCUT2D eigenvalue weighted by atomic mass is 32.2. The molecule has 2 aromatic heterocycles. The predicted molar refractivity (Wildman–Crippen MR) is 133 cm³/mol. The third kappa shape index (κ3) is 5.00. The number of amides is 1. The number of alkyl halides is 3. The Morgan fingerprint density at radius 2 is 1.87 bits per heavy atom. The van der Waals surface area contributed by atoms with Crippen molar-refractivity contribution in [3.8, 4) is 11.1 Å². The number of fused-ring (bicyclic) bond motifs is 1. The number of halogens is 4. The third-order valence-electron chi connectivity index (χ3n) is 6.39. The van der Waals surface area contributed by atoms with E-state index in [1.54, 1.807) is 0 Å². The van der Waals surface area contributed by atoms with Crippen LogP contribution in [0.1, 0.15) is 34.5 Å². The van der Waals surface area contributed by atoms with Gasteiger partial charge in [-0.25, -0.2) is 17.5 Å². The Labute approximate surface area is 218 Å². The summed E-state index contributed by atoms with van der Waals surface area (Å²) in [5, 5.41) is 8.28. The molecule has 1 saturated carbocycles. The van der Waals surface area contributed by atoms with Crippen molar-refractivity contribution < 1.29 is 36.0 Å². The molecule has 0 unspecified atom stereocenters. The van der Waals surface area contributed by atoms with Crippen LogP contribution in [0.2, 0.25) is 0 Å². The van der Waals surface area contributed by atoms with Crippen LogP contribution >= 0.6 is 0 Å². The van der Waals surface area contributed by atoms with E-state index < -0.39 is 56.5 Å². The van der Waals surface area contributed by atoms with Crippen LogP contribution in [-0.4, -0.2) is 34.3 Å². The quantitative estimate of drug-likeness (QED) is 0.196. The van der Waals surface area contributed by atoms with Gasteiger partial charge in [-0.3, -0.25) is 20.3 Å². The van der Waals surface area contributed by atoms with Gasteiger partial charge in [0, 0.05) is 33.8 Å². The van der Waals surface area contributed by atoms with Crippen LogP contribution in [0.15, 0.2) is 59.5 Å². The maximum absolute atomic E-state index is 14.8. The maximum Gasteiger partial charge on any atom is 0.416 e. The summed E-state index contributed by atoms with van der Waals surface area (Å²) in [6, 6.07) is 8.73. The van der Waals surface area contributed by atoms with Crippen LogP contribution in [0.4, 0.5) is 23.2 Å². The minimum Gasteiger partial charge on any atom is -0.331 e. The number of carbonyl (C=O) groups is 1. The first-order chi connectivity index (χ1) is 18.4. The number of carbonyl (C=O) groups excluding carboxylic acids is 1. The van der Waals surface area contributed by atoms with Gasteiger partial charge in [0.2, 0.25) is 10.0 Å². The molecule has 4 aromatic rings. The largest absolute Gasteiger partial charge is 0.416 e. The fraction of sp³-hybridized carbons (Fsp3) is 0.200. The van der Waals surface area contributed by atoms with Crippen LogP contribution < -0.4 is 15.8 Å². The smallest absolute Gasteiger partial charge is 0.331 e. The average molecular weight is 565 g/mol. The molecule has 204 valence electrons. The number of anilines is 1. The number of rotatable bonds is 7. The summed E-state index contributed by atoms with van der Waals surface area (Å²) in [6.45, 7) is -0.458. The van der Waals surface area contributed by atoms with Crippen LogP contribution in [0.5, 0.6) is 0 Å². The molecule has 2 heterocycles. The lowest BCUT2D eigenvalue weighted by molar-refractivity contribution is -0.137. The summed E-state index contributed by atoms with van der Waals surface area (Å²) < 4.78 is 84.3. The minimum atomic E-state index is -4.78. The summed E-state index contributed by atoms with van der Waals surface area (Å²) in [6.07, 6.45) is -2.83. The molecule has 0 spiro atoms. The second-order valence-corrected chi connectivity index (χ2v) is 11.0. The molecule has 0 aliphatic heterocycles. The first-order valence-corrected chi connectivity index (χ1v) is 13.1. The molecule has 0 saturated heterocycles. The van der Waals surface area contributed by atoms with E-state index in [4.69, 9.17) is 0 Å². The van der Waals surface area contributed by atoms with Crippen molar-refractivity contribution in [2.75, 3.05) is 5.48 Å². The van der Waals surface area contributed by atoms with Crippen molar-refractivity contribution in [3.63, 3.8) is 0 Å². The number of hydrogen-bond acceptors (Lipinski definition) is 6. The fourth-order valence-electron chi connectivity index (χ4n) is 4.40. The summed E-state index contributed by atoms with van der Waals surface area (Å²) >= 11 is 0. The van der Waals surface area contributed by atoms with E-state index in [1.165, 1.54) is 30.5 Å². The van der Waals surface area contributed by atoms with Gasteiger partial charge < -0.3 is 9.55 Å². The molecular formula is C25H20F4N4O5S. The molecule has 0 bridgehead atoms. The maximum atomic E-state index is 14.8. The molecule has 1 aliphatic carbocycles. The second kappa shape index (κ2) is 9.54. The molecule has 9 nitrogen and oxygen atoms in total. The molecule has 5 rings (SSSR count).